The summed E-state index contributed by atoms with van der Waals surface area (Å²) in [5.41, 5.74) is 2.93. The van der Waals surface area contributed by atoms with Gasteiger partial charge in [0, 0.05) is 17.3 Å². The van der Waals surface area contributed by atoms with Gasteiger partial charge in [-0.1, -0.05) is 54.1 Å². The molecule has 0 saturated carbocycles. The molecule has 1 heterocycles. The Kier molecular flexibility index (Phi) is 6.23. The Hall–Kier alpha value is -3.58. The number of nitrogens with zero attached hydrogens (tertiary/aromatic N) is 2. The van der Waals surface area contributed by atoms with Crippen LogP contribution in [0.1, 0.15) is 25.0 Å². The molecule has 0 spiro atoms. The zero-order valence-electron chi connectivity index (χ0n) is 16.4. The predicted molar refractivity (Wildman–Crippen MR) is 117 cm³/mol. The Bertz CT molecular complexity index is 1090. The number of carbonyl (C=O) groups is 2. The summed E-state index contributed by atoms with van der Waals surface area (Å²) in [5, 5.41) is 28.0. The topological polar surface area (TPSA) is 102 Å². The number of carbonyl (C=O) groups excluding carboxylic acids is 1. The number of aliphatic hydroxyl groups excluding tert-OH is 1. The minimum Gasteiger partial charge on any atom is -0.505 e. The number of aliphatic carboxylic acids is 1. The average molecular weight is 426 g/mol. The zero-order chi connectivity index (χ0) is 21.8. The lowest BCUT2D eigenvalue weighted by molar-refractivity contribution is -0.137. The number of amides is 1. The minimum absolute atomic E-state index is 0.206. The first kappa shape index (κ1) is 21.1. The third-order valence-corrected chi connectivity index (χ3v) is 4.83. The third-order valence-electron chi connectivity index (χ3n) is 4.52. The highest BCUT2D eigenvalue weighted by molar-refractivity contribution is 6.33. The SMILES string of the molecule is C/C=N\N1C(C(=O)NCC(=O)O)=C(O)c2c(Cl)ccc(-c3ccccc3)c2/C1=C\C. The second kappa shape index (κ2) is 8.84. The molecule has 0 radical (unpaired) electrons. The van der Waals surface area contributed by atoms with Gasteiger partial charge in [0.15, 0.2) is 11.5 Å². The molecule has 154 valence electrons. The molecule has 0 bridgehead atoms. The average Bonchev–Trinajstić information content (AvgIpc) is 2.73. The number of benzene rings is 2. The fraction of sp³-hybridized carbons (Fsp3) is 0.136. The molecule has 0 aromatic heterocycles. The van der Waals surface area contributed by atoms with E-state index in [-0.39, 0.29) is 22.0 Å². The van der Waals surface area contributed by atoms with Gasteiger partial charge in [0.05, 0.1) is 10.7 Å². The molecule has 1 amide bonds. The lowest BCUT2D eigenvalue weighted by Gasteiger charge is -2.32. The van der Waals surface area contributed by atoms with Crippen molar-refractivity contribution in [3.05, 3.63) is 70.4 Å². The second-order valence-corrected chi connectivity index (χ2v) is 6.75. The number of fused-ring (bicyclic) bond motifs is 1. The Morgan fingerprint density at radius 2 is 1.83 bits per heavy atom. The van der Waals surface area contributed by atoms with Crippen LogP contribution < -0.4 is 5.32 Å². The molecular weight excluding hydrogens is 406 g/mol. The Morgan fingerprint density at radius 3 is 2.43 bits per heavy atom. The molecule has 2 aromatic rings. The van der Waals surface area contributed by atoms with Crippen molar-refractivity contribution in [3.8, 4) is 11.1 Å². The van der Waals surface area contributed by atoms with Crippen LogP contribution in [0.15, 0.2) is 59.3 Å². The van der Waals surface area contributed by atoms with E-state index in [4.69, 9.17) is 16.7 Å². The van der Waals surface area contributed by atoms with Crippen LogP contribution in [0.2, 0.25) is 5.02 Å². The van der Waals surface area contributed by atoms with Crippen molar-refractivity contribution in [1.82, 2.24) is 10.3 Å². The summed E-state index contributed by atoms with van der Waals surface area (Å²) in [7, 11) is 0. The number of nitrogens with one attached hydrogen (secondary N) is 1. The van der Waals surface area contributed by atoms with Crippen LogP contribution in [0.3, 0.4) is 0 Å². The summed E-state index contributed by atoms with van der Waals surface area (Å²) in [6.07, 6.45) is 3.23. The van der Waals surface area contributed by atoms with Gasteiger partial charge in [0.2, 0.25) is 0 Å². The van der Waals surface area contributed by atoms with Gasteiger partial charge in [-0.15, -0.1) is 0 Å². The van der Waals surface area contributed by atoms with E-state index in [0.29, 0.717) is 11.3 Å². The van der Waals surface area contributed by atoms with Crippen molar-refractivity contribution >= 4 is 41.1 Å². The van der Waals surface area contributed by atoms with Gasteiger partial charge >= 0.3 is 5.97 Å². The monoisotopic (exact) mass is 425 g/mol. The van der Waals surface area contributed by atoms with E-state index in [9.17, 15) is 14.7 Å². The molecule has 3 N–H and O–H groups in total. The van der Waals surface area contributed by atoms with Crippen molar-refractivity contribution in [1.29, 1.82) is 0 Å². The standard InChI is InChI=1S/C22H20ClN3O4/c1-3-16-18-14(13-8-6-5-7-9-13)10-11-15(23)19(18)21(29)20(26(16)25-4-2)22(30)24-12-17(27)28/h3-11,29H,12H2,1-2H3,(H,24,30)(H,27,28)/b16-3+,25-4-. The summed E-state index contributed by atoms with van der Waals surface area (Å²) >= 11 is 6.44. The predicted octanol–water partition coefficient (Wildman–Crippen LogP) is 4.12. The van der Waals surface area contributed by atoms with Crippen molar-refractivity contribution in [2.24, 2.45) is 5.10 Å². The summed E-state index contributed by atoms with van der Waals surface area (Å²) in [4.78, 5) is 23.6. The van der Waals surface area contributed by atoms with E-state index in [1.54, 1.807) is 26.0 Å². The lowest BCUT2D eigenvalue weighted by Crippen LogP contribution is -2.37. The summed E-state index contributed by atoms with van der Waals surface area (Å²) in [6, 6.07) is 13.1. The van der Waals surface area contributed by atoms with E-state index >= 15 is 0 Å². The van der Waals surface area contributed by atoms with Gasteiger partial charge in [-0.2, -0.15) is 5.10 Å². The van der Waals surface area contributed by atoms with Crippen molar-refractivity contribution in [2.45, 2.75) is 13.8 Å². The van der Waals surface area contributed by atoms with Crippen LogP contribution in [0.25, 0.3) is 22.6 Å². The first-order valence-corrected chi connectivity index (χ1v) is 9.55. The van der Waals surface area contributed by atoms with Crippen LogP contribution >= 0.6 is 11.6 Å². The van der Waals surface area contributed by atoms with Crippen LogP contribution in [0.5, 0.6) is 0 Å². The van der Waals surface area contributed by atoms with E-state index in [0.717, 1.165) is 11.1 Å². The number of aliphatic hydroxyl groups is 1. The fourth-order valence-electron chi connectivity index (χ4n) is 3.32. The van der Waals surface area contributed by atoms with E-state index < -0.39 is 18.4 Å². The van der Waals surface area contributed by atoms with Gasteiger partial charge in [-0.05, 0) is 31.0 Å². The molecule has 0 aliphatic carbocycles. The van der Waals surface area contributed by atoms with Crippen LogP contribution in [-0.2, 0) is 9.59 Å². The van der Waals surface area contributed by atoms with Gasteiger partial charge in [-0.25, -0.2) is 5.01 Å². The van der Waals surface area contributed by atoms with Crippen molar-refractivity contribution in [2.75, 3.05) is 6.54 Å². The van der Waals surface area contributed by atoms with E-state index in [1.807, 2.05) is 36.4 Å². The first-order chi connectivity index (χ1) is 14.4. The maximum absolute atomic E-state index is 12.8. The molecule has 7 nitrogen and oxygen atoms in total. The highest BCUT2D eigenvalue weighted by Crippen LogP contribution is 2.45. The number of hydrogen-bond donors (Lipinski definition) is 3. The molecule has 8 heteroatoms. The largest absolute Gasteiger partial charge is 0.505 e. The summed E-state index contributed by atoms with van der Waals surface area (Å²) < 4.78 is 0. The number of carboxylic acid groups (broad SMARTS) is 1. The molecule has 0 unspecified atom stereocenters. The number of rotatable bonds is 5. The van der Waals surface area contributed by atoms with Crippen LogP contribution in [-0.4, -0.2) is 39.9 Å². The maximum atomic E-state index is 12.8. The molecule has 30 heavy (non-hydrogen) atoms. The Labute approximate surface area is 178 Å². The van der Waals surface area contributed by atoms with Gasteiger partial charge in [0.1, 0.15) is 6.54 Å². The first-order valence-electron chi connectivity index (χ1n) is 9.17. The molecule has 0 saturated heterocycles. The molecule has 2 aromatic carbocycles. The highest BCUT2D eigenvalue weighted by atomic mass is 35.5. The second-order valence-electron chi connectivity index (χ2n) is 6.34. The Balaban J connectivity index is 2.32. The summed E-state index contributed by atoms with van der Waals surface area (Å²) in [6.45, 7) is 2.85. The van der Waals surface area contributed by atoms with Crippen molar-refractivity contribution in [3.63, 3.8) is 0 Å². The number of carboxylic acids is 1. The number of hydrazone groups is 1. The number of halogens is 1. The third kappa shape index (κ3) is 3.79. The summed E-state index contributed by atoms with van der Waals surface area (Å²) in [5.74, 6) is -2.38. The molecule has 3 rings (SSSR count). The highest BCUT2D eigenvalue weighted by Gasteiger charge is 2.36. The normalized spacial score (nSPS) is 14.9. The quantitative estimate of drug-likeness (QED) is 0.625. The van der Waals surface area contributed by atoms with Crippen LogP contribution in [0, 0.1) is 0 Å². The maximum Gasteiger partial charge on any atom is 0.322 e. The number of hydrogen-bond acceptors (Lipinski definition) is 5. The Morgan fingerprint density at radius 1 is 1.13 bits per heavy atom. The van der Waals surface area contributed by atoms with Gasteiger partial charge < -0.3 is 15.5 Å². The molecule has 0 atom stereocenters. The van der Waals surface area contributed by atoms with Crippen LogP contribution in [0.4, 0.5) is 0 Å². The number of allylic oxidation sites excluding steroid dienone is 1. The molecule has 1 aliphatic rings. The van der Waals surface area contributed by atoms with Crippen molar-refractivity contribution < 1.29 is 19.8 Å². The van der Waals surface area contributed by atoms with E-state index in [1.165, 1.54) is 11.2 Å². The minimum atomic E-state index is -1.21. The fourth-order valence-corrected chi connectivity index (χ4v) is 3.57. The zero-order valence-corrected chi connectivity index (χ0v) is 17.1. The van der Waals surface area contributed by atoms with E-state index in [2.05, 4.69) is 10.4 Å². The molecule has 0 fully saturated rings. The van der Waals surface area contributed by atoms with Gasteiger partial charge in [0.25, 0.3) is 5.91 Å². The lowest BCUT2D eigenvalue weighted by atomic mass is 9.89. The van der Waals surface area contributed by atoms with Gasteiger partial charge in [-0.3, -0.25) is 9.59 Å². The molecular formula is C22H20ClN3O4. The molecule has 1 aliphatic heterocycles. The smallest absolute Gasteiger partial charge is 0.322 e.